The molecule has 0 saturated carbocycles. The molecule has 9 heteroatoms. The number of rotatable bonds is 12. The summed E-state index contributed by atoms with van der Waals surface area (Å²) in [7, 11) is -4.15. The van der Waals surface area contributed by atoms with Crippen LogP contribution in [0.3, 0.4) is 0 Å². The molecule has 0 aliphatic carbocycles. The summed E-state index contributed by atoms with van der Waals surface area (Å²) in [4.78, 5) is 29.6. The zero-order valence-corrected chi connectivity index (χ0v) is 26.9. The van der Waals surface area contributed by atoms with Gasteiger partial charge in [-0.1, -0.05) is 94.3 Å². The van der Waals surface area contributed by atoms with Crippen molar-refractivity contribution in [1.82, 2.24) is 10.2 Å². The van der Waals surface area contributed by atoms with Crippen LogP contribution in [0.15, 0.2) is 112 Å². The highest BCUT2D eigenvalue weighted by Crippen LogP contribution is 2.27. The second-order valence-corrected chi connectivity index (χ2v) is 13.1. The quantitative estimate of drug-likeness (QED) is 0.201. The zero-order valence-electron chi connectivity index (χ0n) is 24.5. The molecular formula is C34H36BrN3O4S. The average Bonchev–Trinajstić information content (AvgIpc) is 2.99. The van der Waals surface area contributed by atoms with Gasteiger partial charge in [-0.3, -0.25) is 13.9 Å². The Balaban J connectivity index is 1.80. The molecule has 0 radical (unpaired) electrons. The van der Waals surface area contributed by atoms with E-state index in [0.29, 0.717) is 16.7 Å². The molecule has 1 N–H and O–H groups in total. The van der Waals surface area contributed by atoms with E-state index in [4.69, 9.17) is 0 Å². The Hall–Kier alpha value is -3.95. The third-order valence-corrected chi connectivity index (χ3v) is 9.49. The molecule has 7 nitrogen and oxygen atoms in total. The summed E-state index contributed by atoms with van der Waals surface area (Å²) in [5.41, 5.74) is 3.97. The van der Waals surface area contributed by atoms with Gasteiger partial charge in [-0.25, -0.2) is 8.42 Å². The predicted octanol–water partition coefficient (Wildman–Crippen LogP) is 6.04. The van der Waals surface area contributed by atoms with Gasteiger partial charge in [0.1, 0.15) is 12.6 Å². The van der Waals surface area contributed by atoms with Crippen molar-refractivity contribution >= 4 is 43.5 Å². The number of halogens is 1. The second kappa shape index (κ2) is 14.5. The topological polar surface area (TPSA) is 86.8 Å². The van der Waals surface area contributed by atoms with Crippen molar-refractivity contribution in [2.75, 3.05) is 17.4 Å². The molecule has 0 spiro atoms. The Kier molecular flexibility index (Phi) is 10.8. The molecule has 1 atom stereocenters. The number of hydrogen-bond acceptors (Lipinski definition) is 4. The van der Waals surface area contributed by atoms with Gasteiger partial charge in [0, 0.05) is 24.0 Å². The molecule has 4 aromatic carbocycles. The summed E-state index contributed by atoms with van der Waals surface area (Å²) in [6, 6.07) is 29.7. The summed E-state index contributed by atoms with van der Waals surface area (Å²) < 4.78 is 30.0. The van der Waals surface area contributed by atoms with Crippen LogP contribution in [0, 0.1) is 13.8 Å². The van der Waals surface area contributed by atoms with Crippen LogP contribution in [0.5, 0.6) is 0 Å². The van der Waals surface area contributed by atoms with Gasteiger partial charge in [0.15, 0.2) is 0 Å². The maximum atomic E-state index is 14.4. The molecule has 0 heterocycles. The fourth-order valence-corrected chi connectivity index (χ4v) is 6.61. The van der Waals surface area contributed by atoms with E-state index >= 15 is 0 Å². The molecule has 224 valence electrons. The van der Waals surface area contributed by atoms with Gasteiger partial charge in [0.25, 0.3) is 10.0 Å². The molecule has 0 aliphatic rings. The molecule has 0 aromatic heterocycles. The van der Waals surface area contributed by atoms with Crippen LogP contribution < -0.4 is 9.62 Å². The number of amides is 2. The molecule has 0 saturated heterocycles. The molecule has 4 aromatic rings. The van der Waals surface area contributed by atoms with E-state index in [1.807, 2.05) is 75.4 Å². The first-order chi connectivity index (χ1) is 20.6. The standard InChI is InChI=1S/C34H36BrN3O4S/c1-4-36-34(40)32(21-27-12-6-5-7-13-27)37(23-28-14-9-8-11-26(28)3)33(39)24-38(30-16-10-15-29(35)22-30)43(41,42)31-19-17-25(2)18-20-31/h5-20,22,32H,4,21,23-24H2,1-3H3,(H,36,40). The number of benzene rings is 4. The van der Waals surface area contributed by atoms with E-state index in [0.717, 1.165) is 26.6 Å². The van der Waals surface area contributed by atoms with Crippen LogP contribution in [0.2, 0.25) is 0 Å². The summed E-state index contributed by atoms with van der Waals surface area (Å²) in [5, 5.41) is 2.88. The molecule has 1 unspecified atom stereocenters. The number of sulfonamides is 1. The molecule has 2 amide bonds. The van der Waals surface area contributed by atoms with Gasteiger partial charge in [0.2, 0.25) is 11.8 Å². The number of carbonyl (C=O) groups excluding carboxylic acids is 2. The van der Waals surface area contributed by atoms with Crippen molar-refractivity contribution < 1.29 is 18.0 Å². The monoisotopic (exact) mass is 661 g/mol. The Bertz CT molecular complexity index is 1660. The van der Waals surface area contributed by atoms with Crippen LogP contribution in [-0.4, -0.2) is 44.3 Å². The number of nitrogens with one attached hydrogen (secondary N) is 1. The highest BCUT2D eigenvalue weighted by atomic mass is 79.9. The third-order valence-electron chi connectivity index (χ3n) is 7.21. The lowest BCUT2D eigenvalue weighted by Crippen LogP contribution is -2.53. The number of likely N-dealkylation sites (N-methyl/N-ethyl adjacent to an activating group) is 1. The Morgan fingerprint density at radius 1 is 0.860 bits per heavy atom. The van der Waals surface area contributed by atoms with Gasteiger partial charge in [-0.15, -0.1) is 0 Å². The Morgan fingerprint density at radius 3 is 2.19 bits per heavy atom. The van der Waals surface area contributed by atoms with Crippen LogP contribution in [0.1, 0.15) is 29.2 Å². The number of hydrogen-bond donors (Lipinski definition) is 1. The maximum Gasteiger partial charge on any atom is 0.264 e. The lowest BCUT2D eigenvalue weighted by Gasteiger charge is -2.34. The lowest BCUT2D eigenvalue weighted by molar-refractivity contribution is -0.140. The van der Waals surface area contributed by atoms with Gasteiger partial charge in [-0.05, 0) is 67.8 Å². The normalized spacial score (nSPS) is 11.9. The molecular weight excluding hydrogens is 626 g/mol. The zero-order chi connectivity index (χ0) is 31.0. The van der Waals surface area contributed by atoms with Crippen LogP contribution in [0.25, 0.3) is 0 Å². The minimum Gasteiger partial charge on any atom is -0.355 e. The fraction of sp³-hybridized carbons (Fsp3) is 0.235. The maximum absolute atomic E-state index is 14.4. The molecule has 43 heavy (non-hydrogen) atoms. The average molecular weight is 663 g/mol. The van der Waals surface area contributed by atoms with Crippen molar-refractivity contribution in [3.8, 4) is 0 Å². The van der Waals surface area contributed by atoms with Gasteiger partial charge >= 0.3 is 0 Å². The Labute approximate surface area is 262 Å². The second-order valence-electron chi connectivity index (χ2n) is 10.4. The summed E-state index contributed by atoms with van der Waals surface area (Å²) in [5.74, 6) is -0.796. The minimum absolute atomic E-state index is 0.0703. The third kappa shape index (κ3) is 8.12. The molecule has 4 rings (SSSR count). The SMILES string of the molecule is CCNC(=O)C(Cc1ccccc1)N(Cc1ccccc1C)C(=O)CN(c1cccc(Br)c1)S(=O)(=O)c1ccc(C)cc1. The van der Waals surface area contributed by atoms with E-state index in [2.05, 4.69) is 21.2 Å². The van der Waals surface area contributed by atoms with Gasteiger partial charge in [-0.2, -0.15) is 0 Å². The van der Waals surface area contributed by atoms with E-state index in [-0.39, 0.29) is 23.8 Å². The van der Waals surface area contributed by atoms with Crippen molar-refractivity contribution in [2.24, 2.45) is 0 Å². The first kappa shape index (κ1) is 32.0. The fourth-order valence-electron chi connectivity index (χ4n) is 4.81. The first-order valence-corrected chi connectivity index (χ1v) is 16.3. The van der Waals surface area contributed by atoms with E-state index < -0.39 is 28.5 Å². The van der Waals surface area contributed by atoms with Crippen molar-refractivity contribution in [3.63, 3.8) is 0 Å². The first-order valence-electron chi connectivity index (χ1n) is 14.1. The highest BCUT2D eigenvalue weighted by molar-refractivity contribution is 9.10. The number of nitrogens with zero attached hydrogens (tertiary/aromatic N) is 2. The largest absolute Gasteiger partial charge is 0.355 e. The van der Waals surface area contributed by atoms with Gasteiger partial charge < -0.3 is 10.2 Å². The van der Waals surface area contributed by atoms with E-state index in [1.165, 1.54) is 17.0 Å². The van der Waals surface area contributed by atoms with Crippen LogP contribution >= 0.6 is 15.9 Å². The number of anilines is 1. The predicted molar refractivity (Wildman–Crippen MR) is 174 cm³/mol. The van der Waals surface area contributed by atoms with Crippen LogP contribution in [0.4, 0.5) is 5.69 Å². The summed E-state index contributed by atoms with van der Waals surface area (Å²) in [6.07, 6.45) is 0.270. The van der Waals surface area contributed by atoms with E-state index in [9.17, 15) is 18.0 Å². The van der Waals surface area contributed by atoms with Crippen molar-refractivity contribution in [3.05, 3.63) is 130 Å². The van der Waals surface area contributed by atoms with Gasteiger partial charge in [0.05, 0.1) is 10.6 Å². The molecule has 0 bridgehead atoms. The Morgan fingerprint density at radius 2 is 1.53 bits per heavy atom. The van der Waals surface area contributed by atoms with E-state index in [1.54, 1.807) is 36.4 Å². The lowest BCUT2D eigenvalue weighted by atomic mass is 10.0. The highest BCUT2D eigenvalue weighted by Gasteiger charge is 2.34. The van der Waals surface area contributed by atoms with Crippen molar-refractivity contribution in [1.29, 1.82) is 0 Å². The number of carbonyl (C=O) groups is 2. The minimum atomic E-state index is -4.15. The number of aryl methyl sites for hydroxylation is 2. The van der Waals surface area contributed by atoms with Crippen LogP contribution in [-0.2, 0) is 32.6 Å². The smallest absolute Gasteiger partial charge is 0.264 e. The summed E-state index contributed by atoms with van der Waals surface area (Å²) >= 11 is 3.44. The van der Waals surface area contributed by atoms with Crippen molar-refractivity contribution in [2.45, 2.75) is 44.7 Å². The molecule has 0 fully saturated rings. The summed E-state index contributed by atoms with van der Waals surface area (Å²) in [6.45, 7) is 5.69. The molecule has 0 aliphatic heterocycles.